The molecule has 1 aromatic heterocycles. The molecule has 1 fully saturated rings. The number of hydrogen-bond donors (Lipinski definition) is 2. The summed E-state index contributed by atoms with van der Waals surface area (Å²) in [5.41, 5.74) is 5.58. The van der Waals surface area contributed by atoms with Crippen LogP contribution in [0.2, 0.25) is 0 Å². The Bertz CT molecular complexity index is 487. The zero-order valence-electron chi connectivity index (χ0n) is 11.3. The number of primary amides is 1. The van der Waals surface area contributed by atoms with Crippen LogP contribution in [0.15, 0.2) is 6.20 Å². The first-order chi connectivity index (χ1) is 9.00. The SMILES string of the molecule is CC(C)n1ncc(C(N)=O)c1NC(=O)C1CCCC1. The van der Waals surface area contributed by atoms with Crippen molar-refractivity contribution in [3.63, 3.8) is 0 Å². The van der Waals surface area contributed by atoms with Gasteiger partial charge in [0.15, 0.2) is 0 Å². The molecule has 1 aromatic rings. The van der Waals surface area contributed by atoms with Crippen LogP contribution in [0.1, 0.15) is 55.9 Å². The number of hydrogen-bond acceptors (Lipinski definition) is 3. The van der Waals surface area contributed by atoms with Gasteiger partial charge >= 0.3 is 0 Å². The van der Waals surface area contributed by atoms with E-state index in [2.05, 4.69) is 10.4 Å². The summed E-state index contributed by atoms with van der Waals surface area (Å²) in [7, 11) is 0. The van der Waals surface area contributed by atoms with Crippen molar-refractivity contribution in [2.75, 3.05) is 5.32 Å². The fraction of sp³-hybridized carbons (Fsp3) is 0.615. The van der Waals surface area contributed by atoms with Gasteiger partial charge < -0.3 is 11.1 Å². The van der Waals surface area contributed by atoms with Gasteiger partial charge in [-0.15, -0.1) is 0 Å². The lowest BCUT2D eigenvalue weighted by Gasteiger charge is -2.15. The third-order valence-corrected chi connectivity index (χ3v) is 3.52. The van der Waals surface area contributed by atoms with Crippen molar-refractivity contribution in [1.29, 1.82) is 0 Å². The van der Waals surface area contributed by atoms with Gasteiger partial charge in [0.25, 0.3) is 5.91 Å². The highest BCUT2D eigenvalue weighted by Crippen LogP contribution is 2.27. The van der Waals surface area contributed by atoms with Crippen molar-refractivity contribution in [2.45, 2.75) is 45.6 Å². The van der Waals surface area contributed by atoms with Gasteiger partial charge in [0, 0.05) is 12.0 Å². The van der Waals surface area contributed by atoms with Crippen molar-refractivity contribution < 1.29 is 9.59 Å². The molecule has 0 spiro atoms. The molecule has 1 aliphatic rings. The van der Waals surface area contributed by atoms with E-state index in [1.54, 1.807) is 4.68 Å². The van der Waals surface area contributed by atoms with E-state index in [4.69, 9.17) is 5.73 Å². The second-order valence-electron chi connectivity index (χ2n) is 5.28. The molecule has 0 atom stereocenters. The number of rotatable bonds is 4. The van der Waals surface area contributed by atoms with E-state index >= 15 is 0 Å². The lowest BCUT2D eigenvalue weighted by molar-refractivity contribution is -0.119. The van der Waals surface area contributed by atoms with E-state index in [1.165, 1.54) is 6.20 Å². The monoisotopic (exact) mass is 264 g/mol. The molecule has 19 heavy (non-hydrogen) atoms. The molecule has 1 aliphatic carbocycles. The molecule has 1 saturated carbocycles. The van der Waals surface area contributed by atoms with Crippen LogP contribution in [0, 0.1) is 5.92 Å². The third-order valence-electron chi connectivity index (χ3n) is 3.52. The summed E-state index contributed by atoms with van der Waals surface area (Å²) in [4.78, 5) is 23.5. The molecule has 2 rings (SSSR count). The van der Waals surface area contributed by atoms with E-state index in [1.807, 2.05) is 13.8 Å². The molecular formula is C13H20N4O2. The van der Waals surface area contributed by atoms with Crippen molar-refractivity contribution in [1.82, 2.24) is 9.78 Å². The van der Waals surface area contributed by atoms with Gasteiger partial charge in [-0.25, -0.2) is 4.68 Å². The van der Waals surface area contributed by atoms with Crippen LogP contribution in [-0.4, -0.2) is 21.6 Å². The lowest BCUT2D eigenvalue weighted by atomic mass is 10.1. The minimum Gasteiger partial charge on any atom is -0.365 e. The largest absolute Gasteiger partial charge is 0.365 e. The molecule has 6 heteroatoms. The summed E-state index contributed by atoms with van der Waals surface area (Å²) in [5, 5.41) is 6.94. The van der Waals surface area contributed by atoms with Gasteiger partial charge in [0.2, 0.25) is 5.91 Å². The van der Waals surface area contributed by atoms with Crippen LogP contribution in [0.4, 0.5) is 5.82 Å². The zero-order chi connectivity index (χ0) is 14.0. The van der Waals surface area contributed by atoms with Crippen molar-refractivity contribution >= 4 is 17.6 Å². The Kier molecular flexibility index (Phi) is 3.87. The smallest absolute Gasteiger partial charge is 0.254 e. The Morgan fingerprint density at radius 3 is 2.58 bits per heavy atom. The third kappa shape index (κ3) is 2.77. The molecule has 0 radical (unpaired) electrons. The number of anilines is 1. The highest BCUT2D eigenvalue weighted by molar-refractivity contribution is 6.02. The molecule has 1 heterocycles. The Hall–Kier alpha value is -1.85. The summed E-state index contributed by atoms with van der Waals surface area (Å²) in [6.45, 7) is 3.87. The zero-order valence-corrected chi connectivity index (χ0v) is 11.3. The highest BCUT2D eigenvalue weighted by atomic mass is 16.2. The second kappa shape index (κ2) is 5.42. The molecule has 0 bridgehead atoms. The maximum absolute atomic E-state index is 12.2. The predicted molar refractivity (Wildman–Crippen MR) is 71.7 cm³/mol. The minimum atomic E-state index is -0.575. The Morgan fingerprint density at radius 1 is 1.42 bits per heavy atom. The van der Waals surface area contributed by atoms with Crippen LogP contribution in [-0.2, 0) is 4.79 Å². The van der Waals surface area contributed by atoms with E-state index < -0.39 is 5.91 Å². The van der Waals surface area contributed by atoms with Crippen LogP contribution in [0.5, 0.6) is 0 Å². The van der Waals surface area contributed by atoms with Crippen LogP contribution >= 0.6 is 0 Å². The molecule has 0 saturated heterocycles. The molecular weight excluding hydrogens is 244 g/mol. The number of nitrogens with one attached hydrogen (secondary N) is 1. The van der Waals surface area contributed by atoms with Crippen LogP contribution in [0.25, 0.3) is 0 Å². The van der Waals surface area contributed by atoms with Crippen molar-refractivity contribution in [3.05, 3.63) is 11.8 Å². The lowest BCUT2D eigenvalue weighted by Crippen LogP contribution is -2.25. The quantitative estimate of drug-likeness (QED) is 0.867. The number of nitrogens with zero attached hydrogens (tertiary/aromatic N) is 2. The molecule has 0 aliphatic heterocycles. The fourth-order valence-electron chi connectivity index (χ4n) is 2.47. The summed E-state index contributed by atoms with van der Waals surface area (Å²) >= 11 is 0. The van der Waals surface area contributed by atoms with Gasteiger partial charge in [0.1, 0.15) is 11.4 Å². The van der Waals surface area contributed by atoms with Gasteiger partial charge in [-0.1, -0.05) is 12.8 Å². The number of amides is 2. The first-order valence-electron chi connectivity index (χ1n) is 6.69. The first kappa shape index (κ1) is 13.6. The van der Waals surface area contributed by atoms with Crippen molar-refractivity contribution in [2.24, 2.45) is 11.7 Å². The molecule has 0 unspecified atom stereocenters. The van der Waals surface area contributed by atoms with Gasteiger partial charge in [-0.3, -0.25) is 9.59 Å². The minimum absolute atomic E-state index is 0.0382. The molecule has 104 valence electrons. The van der Waals surface area contributed by atoms with Crippen molar-refractivity contribution in [3.8, 4) is 0 Å². The normalized spacial score (nSPS) is 15.9. The summed E-state index contributed by atoms with van der Waals surface area (Å²) in [5.74, 6) is -0.160. The molecule has 0 aromatic carbocycles. The maximum atomic E-state index is 12.2. The van der Waals surface area contributed by atoms with Crippen LogP contribution < -0.4 is 11.1 Å². The van der Waals surface area contributed by atoms with E-state index in [0.717, 1.165) is 25.7 Å². The Labute approximate surface area is 112 Å². The summed E-state index contributed by atoms with van der Waals surface area (Å²) < 4.78 is 1.62. The van der Waals surface area contributed by atoms with Gasteiger partial charge in [0.05, 0.1) is 6.20 Å². The van der Waals surface area contributed by atoms with E-state index in [9.17, 15) is 9.59 Å². The standard InChI is InChI=1S/C13H20N4O2/c1-8(2)17-12(10(7-15-17)11(14)18)16-13(19)9-5-3-4-6-9/h7-9H,3-6H2,1-2H3,(H2,14,18)(H,16,19). The summed E-state index contributed by atoms with van der Waals surface area (Å²) in [6, 6.07) is 0.0481. The number of aromatic nitrogens is 2. The predicted octanol–water partition coefficient (Wildman–Crippen LogP) is 1.69. The average molecular weight is 264 g/mol. The molecule has 6 nitrogen and oxygen atoms in total. The first-order valence-corrected chi connectivity index (χ1v) is 6.69. The van der Waals surface area contributed by atoms with Gasteiger partial charge in [-0.2, -0.15) is 5.10 Å². The average Bonchev–Trinajstić information content (AvgIpc) is 2.96. The summed E-state index contributed by atoms with van der Waals surface area (Å²) in [6.07, 6.45) is 5.40. The maximum Gasteiger partial charge on any atom is 0.254 e. The van der Waals surface area contributed by atoms with Gasteiger partial charge in [-0.05, 0) is 26.7 Å². The molecule has 3 N–H and O–H groups in total. The van der Waals surface area contributed by atoms with E-state index in [0.29, 0.717) is 5.82 Å². The number of nitrogens with two attached hydrogens (primary N) is 1. The second-order valence-corrected chi connectivity index (χ2v) is 5.28. The Morgan fingerprint density at radius 2 is 2.05 bits per heavy atom. The van der Waals surface area contributed by atoms with E-state index in [-0.39, 0.29) is 23.4 Å². The Balaban J connectivity index is 2.24. The fourth-order valence-corrected chi connectivity index (χ4v) is 2.47. The number of carbonyl (C=O) groups excluding carboxylic acids is 2. The van der Waals surface area contributed by atoms with Crippen LogP contribution in [0.3, 0.4) is 0 Å². The number of carbonyl (C=O) groups is 2. The topological polar surface area (TPSA) is 90.0 Å². The highest BCUT2D eigenvalue weighted by Gasteiger charge is 2.26. The molecule has 2 amide bonds.